The van der Waals surface area contributed by atoms with Gasteiger partial charge in [0.05, 0.1) is 26.5 Å². The summed E-state index contributed by atoms with van der Waals surface area (Å²) in [6, 6.07) is 6.66. The Morgan fingerprint density at radius 3 is 2.70 bits per heavy atom. The normalized spacial score (nSPS) is 10.4. The van der Waals surface area contributed by atoms with Gasteiger partial charge in [0.15, 0.2) is 0 Å². The van der Waals surface area contributed by atoms with Gasteiger partial charge in [-0.25, -0.2) is 9.37 Å². The molecule has 0 saturated heterocycles. The Hall–Kier alpha value is -2.14. The van der Waals surface area contributed by atoms with Gasteiger partial charge in [0.25, 0.3) is 0 Å². The quantitative estimate of drug-likeness (QED) is 0.913. The van der Waals surface area contributed by atoms with Crippen LogP contribution in [0.15, 0.2) is 30.5 Å². The van der Waals surface area contributed by atoms with Gasteiger partial charge in [-0.3, -0.25) is 0 Å². The summed E-state index contributed by atoms with van der Waals surface area (Å²) in [5.74, 6) is 0.491. The highest BCUT2D eigenvalue weighted by molar-refractivity contribution is 5.69. The minimum Gasteiger partial charge on any atom is -0.494 e. The van der Waals surface area contributed by atoms with Crippen molar-refractivity contribution in [3.8, 4) is 22.8 Å². The van der Waals surface area contributed by atoms with Crippen LogP contribution >= 0.6 is 0 Å². The first-order valence-corrected chi connectivity index (χ1v) is 6.26. The van der Waals surface area contributed by atoms with Crippen molar-refractivity contribution in [2.45, 2.75) is 13.5 Å². The lowest BCUT2D eigenvalue weighted by Crippen LogP contribution is -1.97. The van der Waals surface area contributed by atoms with Gasteiger partial charge >= 0.3 is 0 Å². The lowest BCUT2D eigenvalue weighted by molar-refractivity contribution is 0.280. The van der Waals surface area contributed by atoms with Crippen molar-refractivity contribution in [3.63, 3.8) is 0 Å². The molecule has 0 saturated carbocycles. The van der Waals surface area contributed by atoms with Crippen LogP contribution < -0.4 is 9.47 Å². The molecule has 2 aromatic rings. The number of hydrogen-bond donors (Lipinski definition) is 1. The SMILES string of the molecule is CCOc1ccc(-c2cc(OC)ncc2F)c(CO)c1. The van der Waals surface area contributed by atoms with E-state index in [1.165, 1.54) is 13.2 Å². The Labute approximate surface area is 116 Å². The second-order valence-corrected chi connectivity index (χ2v) is 4.12. The molecule has 20 heavy (non-hydrogen) atoms. The Morgan fingerprint density at radius 1 is 1.25 bits per heavy atom. The smallest absolute Gasteiger partial charge is 0.213 e. The summed E-state index contributed by atoms with van der Waals surface area (Å²) in [4.78, 5) is 3.80. The van der Waals surface area contributed by atoms with Gasteiger partial charge in [-0.05, 0) is 30.2 Å². The maximum absolute atomic E-state index is 13.9. The molecule has 0 unspecified atom stereocenters. The van der Waals surface area contributed by atoms with Crippen LogP contribution in [0.5, 0.6) is 11.6 Å². The zero-order valence-electron chi connectivity index (χ0n) is 11.4. The predicted octanol–water partition coefficient (Wildman–Crippen LogP) is 2.79. The van der Waals surface area contributed by atoms with E-state index >= 15 is 0 Å². The summed E-state index contributed by atoms with van der Waals surface area (Å²) in [5.41, 5.74) is 1.52. The topological polar surface area (TPSA) is 51.6 Å². The molecule has 5 heteroatoms. The monoisotopic (exact) mass is 277 g/mol. The van der Waals surface area contributed by atoms with Crippen LogP contribution in [0.25, 0.3) is 11.1 Å². The number of rotatable bonds is 5. The summed E-state index contributed by atoms with van der Waals surface area (Å²) in [7, 11) is 1.47. The predicted molar refractivity (Wildman–Crippen MR) is 73.3 cm³/mol. The van der Waals surface area contributed by atoms with Gasteiger partial charge in [0.2, 0.25) is 5.88 Å². The highest BCUT2D eigenvalue weighted by atomic mass is 19.1. The van der Waals surface area contributed by atoms with Crippen LogP contribution in [0.2, 0.25) is 0 Å². The molecular formula is C15H16FNO3. The summed E-state index contributed by atoms with van der Waals surface area (Å²) in [6.07, 6.45) is 1.10. The number of nitrogens with zero attached hydrogens (tertiary/aromatic N) is 1. The molecule has 106 valence electrons. The van der Waals surface area contributed by atoms with E-state index in [0.717, 1.165) is 6.20 Å². The minimum atomic E-state index is -0.468. The van der Waals surface area contributed by atoms with Crippen molar-refractivity contribution in [2.75, 3.05) is 13.7 Å². The third-order valence-corrected chi connectivity index (χ3v) is 2.89. The van der Waals surface area contributed by atoms with Crippen LogP contribution in [-0.4, -0.2) is 23.8 Å². The molecule has 2 rings (SSSR count). The Balaban J connectivity index is 2.51. The number of aromatic nitrogens is 1. The van der Waals surface area contributed by atoms with Gasteiger partial charge in [-0.1, -0.05) is 6.07 Å². The maximum Gasteiger partial charge on any atom is 0.213 e. The molecule has 1 aromatic carbocycles. The number of halogens is 1. The zero-order valence-corrected chi connectivity index (χ0v) is 11.4. The average Bonchev–Trinajstić information content (AvgIpc) is 2.48. The number of aliphatic hydroxyl groups excluding tert-OH is 1. The number of ether oxygens (including phenoxy) is 2. The first-order chi connectivity index (χ1) is 9.69. The molecule has 1 heterocycles. The van der Waals surface area contributed by atoms with Gasteiger partial charge in [0.1, 0.15) is 11.6 Å². The lowest BCUT2D eigenvalue weighted by Gasteiger charge is -2.12. The van der Waals surface area contributed by atoms with E-state index in [4.69, 9.17) is 9.47 Å². The van der Waals surface area contributed by atoms with E-state index in [1.807, 2.05) is 6.92 Å². The largest absolute Gasteiger partial charge is 0.494 e. The lowest BCUT2D eigenvalue weighted by atomic mass is 10.00. The molecule has 0 amide bonds. The van der Waals surface area contributed by atoms with Crippen molar-refractivity contribution in [1.29, 1.82) is 0 Å². The number of benzene rings is 1. The summed E-state index contributed by atoms with van der Waals surface area (Å²) in [6.45, 7) is 2.20. The molecule has 0 atom stereocenters. The van der Waals surface area contributed by atoms with Crippen LogP contribution in [0.1, 0.15) is 12.5 Å². The third-order valence-electron chi connectivity index (χ3n) is 2.89. The van der Waals surface area contributed by atoms with Crippen molar-refractivity contribution < 1.29 is 19.0 Å². The molecular weight excluding hydrogens is 261 g/mol. The molecule has 0 aliphatic carbocycles. The highest BCUT2D eigenvalue weighted by Crippen LogP contribution is 2.31. The molecule has 0 aliphatic heterocycles. The third kappa shape index (κ3) is 2.88. The second kappa shape index (κ2) is 6.34. The van der Waals surface area contributed by atoms with Crippen molar-refractivity contribution in [3.05, 3.63) is 41.8 Å². The fraction of sp³-hybridized carbons (Fsp3) is 0.267. The molecule has 1 N–H and O–H groups in total. The Bertz CT molecular complexity index is 602. The summed E-state index contributed by atoms with van der Waals surface area (Å²) < 4.78 is 24.3. The molecule has 0 spiro atoms. The Kier molecular flexibility index (Phi) is 4.53. The zero-order chi connectivity index (χ0) is 14.5. The van der Waals surface area contributed by atoms with E-state index in [2.05, 4.69) is 4.98 Å². The first kappa shape index (κ1) is 14.3. The Morgan fingerprint density at radius 2 is 2.05 bits per heavy atom. The van der Waals surface area contributed by atoms with Crippen LogP contribution in [-0.2, 0) is 6.61 Å². The number of aliphatic hydroxyl groups is 1. The fourth-order valence-electron chi connectivity index (χ4n) is 1.96. The summed E-state index contributed by atoms with van der Waals surface area (Å²) >= 11 is 0. The standard InChI is InChI=1S/C15H16FNO3/c1-3-20-11-4-5-12(10(6-11)9-18)13-7-15(19-2)17-8-14(13)16/h4-8,18H,3,9H2,1-2H3. The van der Waals surface area contributed by atoms with E-state index in [9.17, 15) is 9.50 Å². The van der Waals surface area contributed by atoms with Crippen LogP contribution in [0.3, 0.4) is 0 Å². The molecule has 0 radical (unpaired) electrons. The number of hydrogen-bond acceptors (Lipinski definition) is 4. The maximum atomic E-state index is 13.9. The number of pyridine rings is 1. The van der Waals surface area contributed by atoms with E-state index in [-0.39, 0.29) is 6.61 Å². The second-order valence-electron chi connectivity index (χ2n) is 4.12. The van der Waals surface area contributed by atoms with Crippen LogP contribution in [0.4, 0.5) is 4.39 Å². The van der Waals surface area contributed by atoms with Gasteiger partial charge in [-0.15, -0.1) is 0 Å². The van der Waals surface area contributed by atoms with E-state index in [0.29, 0.717) is 34.9 Å². The van der Waals surface area contributed by atoms with Crippen molar-refractivity contribution >= 4 is 0 Å². The average molecular weight is 277 g/mol. The first-order valence-electron chi connectivity index (χ1n) is 6.26. The van der Waals surface area contributed by atoms with E-state index in [1.54, 1.807) is 18.2 Å². The molecule has 1 aromatic heterocycles. The molecule has 4 nitrogen and oxygen atoms in total. The molecule has 0 aliphatic rings. The van der Waals surface area contributed by atoms with E-state index < -0.39 is 5.82 Å². The minimum absolute atomic E-state index is 0.208. The van der Waals surface area contributed by atoms with Crippen molar-refractivity contribution in [1.82, 2.24) is 4.98 Å². The fourth-order valence-corrected chi connectivity index (χ4v) is 1.96. The summed E-state index contributed by atoms with van der Waals surface area (Å²) in [5, 5.41) is 9.46. The van der Waals surface area contributed by atoms with Gasteiger partial charge in [-0.2, -0.15) is 0 Å². The molecule has 0 fully saturated rings. The number of methoxy groups -OCH3 is 1. The van der Waals surface area contributed by atoms with Crippen molar-refractivity contribution in [2.24, 2.45) is 0 Å². The highest BCUT2D eigenvalue weighted by Gasteiger charge is 2.12. The van der Waals surface area contributed by atoms with Gasteiger partial charge in [0, 0.05) is 11.6 Å². The van der Waals surface area contributed by atoms with Gasteiger partial charge < -0.3 is 14.6 Å². The molecule has 0 bridgehead atoms. The van der Waals surface area contributed by atoms with Crippen LogP contribution in [0, 0.1) is 5.82 Å².